The van der Waals surface area contributed by atoms with Crippen LogP contribution in [0, 0.1) is 18.8 Å². The van der Waals surface area contributed by atoms with Crippen LogP contribution in [-0.2, 0) is 12.4 Å². The summed E-state index contributed by atoms with van der Waals surface area (Å²) in [7, 11) is 0. The van der Waals surface area contributed by atoms with Crippen molar-refractivity contribution in [1.29, 1.82) is 0 Å². The first-order valence-electron chi connectivity index (χ1n) is 8.05. The minimum atomic E-state index is 0.455. The maximum atomic E-state index is 6.08. The molecule has 0 amide bonds. The number of aryl methyl sites for hydroxylation is 2. The predicted molar refractivity (Wildman–Crippen MR) is 87.6 cm³/mol. The quantitative estimate of drug-likeness (QED) is 0.767. The molecule has 2 aromatic rings. The molecule has 3 rings (SSSR count). The van der Waals surface area contributed by atoms with Crippen LogP contribution in [0.2, 0.25) is 0 Å². The highest BCUT2D eigenvalue weighted by Gasteiger charge is 2.20. The second kappa shape index (κ2) is 6.35. The van der Waals surface area contributed by atoms with Gasteiger partial charge in [-0.2, -0.15) is 0 Å². The molecule has 0 aromatic carbocycles. The molecule has 0 bridgehead atoms. The highest BCUT2D eigenvalue weighted by atomic mass is 35.5. The fourth-order valence-corrected chi connectivity index (χ4v) is 3.83. The summed E-state index contributed by atoms with van der Waals surface area (Å²) in [6, 6.07) is 2.09. The monoisotopic (exact) mass is 305 g/mol. The van der Waals surface area contributed by atoms with Crippen LogP contribution < -0.4 is 0 Å². The SMILES string of the molecule is Cc1cnc2c(c1)nc(CCl)n2CCC1CCCC(C)C1. The number of nitrogens with zero attached hydrogens (tertiary/aromatic N) is 3. The Morgan fingerprint density at radius 1 is 1.38 bits per heavy atom. The molecule has 1 aliphatic rings. The molecule has 3 nitrogen and oxygen atoms in total. The number of halogens is 1. The maximum absolute atomic E-state index is 6.08. The Morgan fingerprint density at radius 2 is 2.24 bits per heavy atom. The molecule has 1 saturated carbocycles. The fourth-order valence-electron chi connectivity index (χ4n) is 3.63. The number of hydrogen-bond donors (Lipinski definition) is 0. The van der Waals surface area contributed by atoms with Gasteiger partial charge in [0.2, 0.25) is 0 Å². The molecule has 4 heteroatoms. The van der Waals surface area contributed by atoms with E-state index in [2.05, 4.69) is 34.4 Å². The van der Waals surface area contributed by atoms with Gasteiger partial charge >= 0.3 is 0 Å². The third-order valence-corrected chi connectivity index (χ3v) is 4.97. The van der Waals surface area contributed by atoms with Crippen LogP contribution in [0.1, 0.15) is 50.4 Å². The van der Waals surface area contributed by atoms with E-state index in [1.54, 1.807) is 0 Å². The van der Waals surface area contributed by atoms with Crippen molar-refractivity contribution in [2.45, 2.75) is 58.4 Å². The summed E-state index contributed by atoms with van der Waals surface area (Å²) in [4.78, 5) is 9.21. The van der Waals surface area contributed by atoms with E-state index in [-0.39, 0.29) is 0 Å². The van der Waals surface area contributed by atoms with Gasteiger partial charge in [0, 0.05) is 12.7 Å². The van der Waals surface area contributed by atoms with Crippen LogP contribution in [0.3, 0.4) is 0 Å². The highest BCUT2D eigenvalue weighted by molar-refractivity contribution is 6.16. The molecular formula is C17H24ClN3. The zero-order chi connectivity index (χ0) is 14.8. The minimum Gasteiger partial charge on any atom is -0.312 e. The van der Waals surface area contributed by atoms with Crippen molar-refractivity contribution in [3.63, 3.8) is 0 Å². The normalized spacial score (nSPS) is 22.8. The van der Waals surface area contributed by atoms with Crippen LogP contribution in [0.25, 0.3) is 11.2 Å². The number of pyridine rings is 1. The summed E-state index contributed by atoms with van der Waals surface area (Å²) >= 11 is 6.08. The van der Waals surface area contributed by atoms with Gasteiger partial charge in [0.1, 0.15) is 11.3 Å². The van der Waals surface area contributed by atoms with E-state index < -0.39 is 0 Å². The van der Waals surface area contributed by atoms with E-state index in [0.29, 0.717) is 5.88 Å². The third kappa shape index (κ3) is 3.23. The molecule has 0 radical (unpaired) electrons. The van der Waals surface area contributed by atoms with Gasteiger partial charge in [-0.3, -0.25) is 0 Å². The summed E-state index contributed by atoms with van der Waals surface area (Å²) in [5, 5.41) is 0. The average molecular weight is 306 g/mol. The summed E-state index contributed by atoms with van der Waals surface area (Å²) in [6.45, 7) is 5.43. The lowest BCUT2D eigenvalue weighted by Crippen LogP contribution is -2.16. The fraction of sp³-hybridized carbons (Fsp3) is 0.647. The molecule has 114 valence electrons. The number of imidazole rings is 1. The maximum Gasteiger partial charge on any atom is 0.160 e. The van der Waals surface area contributed by atoms with Gasteiger partial charge in [-0.25, -0.2) is 9.97 Å². The van der Waals surface area contributed by atoms with Crippen molar-refractivity contribution < 1.29 is 0 Å². The number of rotatable bonds is 4. The van der Waals surface area contributed by atoms with Gasteiger partial charge < -0.3 is 4.57 Å². The van der Waals surface area contributed by atoms with Crippen molar-refractivity contribution in [3.05, 3.63) is 23.7 Å². The Kier molecular flexibility index (Phi) is 4.48. The summed E-state index contributed by atoms with van der Waals surface area (Å²) in [5.41, 5.74) is 3.11. The Bertz CT molecular complexity index is 620. The van der Waals surface area contributed by atoms with Crippen molar-refractivity contribution in [1.82, 2.24) is 14.5 Å². The van der Waals surface area contributed by atoms with Gasteiger partial charge in [-0.15, -0.1) is 11.6 Å². The van der Waals surface area contributed by atoms with E-state index in [0.717, 1.165) is 40.9 Å². The topological polar surface area (TPSA) is 30.7 Å². The Labute approximate surface area is 131 Å². The Hall–Kier alpha value is -1.09. The molecule has 1 aliphatic carbocycles. The Balaban J connectivity index is 1.79. The first kappa shape index (κ1) is 14.8. The number of alkyl halides is 1. The first-order valence-corrected chi connectivity index (χ1v) is 8.58. The van der Waals surface area contributed by atoms with Gasteiger partial charge in [-0.1, -0.05) is 26.2 Å². The first-order chi connectivity index (χ1) is 10.2. The van der Waals surface area contributed by atoms with E-state index in [4.69, 9.17) is 11.6 Å². The molecule has 2 atom stereocenters. The molecular weight excluding hydrogens is 282 g/mol. The van der Waals surface area contributed by atoms with E-state index in [1.807, 2.05) is 6.20 Å². The van der Waals surface area contributed by atoms with Crippen LogP contribution in [0.5, 0.6) is 0 Å². The van der Waals surface area contributed by atoms with E-state index >= 15 is 0 Å². The second-order valence-corrected chi connectivity index (χ2v) is 6.86. The highest BCUT2D eigenvalue weighted by Crippen LogP contribution is 2.31. The minimum absolute atomic E-state index is 0.455. The number of fused-ring (bicyclic) bond motifs is 1. The van der Waals surface area contributed by atoms with Crippen molar-refractivity contribution in [2.75, 3.05) is 0 Å². The number of hydrogen-bond acceptors (Lipinski definition) is 2. The smallest absolute Gasteiger partial charge is 0.160 e. The lowest BCUT2D eigenvalue weighted by Gasteiger charge is -2.26. The summed E-state index contributed by atoms with van der Waals surface area (Å²) in [6.07, 6.45) is 8.67. The van der Waals surface area contributed by atoms with Crippen molar-refractivity contribution in [3.8, 4) is 0 Å². The lowest BCUT2D eigenvalue weighted by molar-refractivity contribution is 0.261. The average Bonchev–Trinajstić information content (AvgIpc) is 2.82. The largest absolute Gasteiger partial charge is 0.312 e. The van der Waals surface area contributed by atoms with Crippen molar-refractivity contribution in [2.24, 2.45) is 11.8 Å². The van der Waals surface area contributed by atoms with Gasteiger partial charge in [0.25, 0.3) is 0 Å². The van der Waals surface area contributed by atoms with E-state index in [1.165, 1.54) is 32.1 Å². The predicted octanol–water partition coefficient (Wildman–Crippen LogP) is 4.69. The molecule has 2 aromatic heterocycles. The van der Waals surface area contributed by atoms with Crippen LogP contribution in [0.15, 0.2) is 12.3 Å². The Morgan fingerprint density at radius 3 is 3.00 bits per heavy atom. The molecule has 1 fully saturated rings. The molecule has 0 aliphatic heterocycles. The zero-order valence-corrected chi connectivity index (χ0v) is 13.7. The lowest BCUT2D eigenvalue weighted by atomic mass is 9.81. The van der Waals surface area contributed by atoms with Crippen LogP contribution in [-0.4, -0.2) is 14.5 Å². The standard InChI is InChI=1S/C17H24ClN3/c1-12-4-3-5-14(8-12)6-7-21-16(10-18)20-15-9-13(2)11-19-17(15)21/h9,11-12,14H,3-8,10H2,1-2H3. The molecule has 0 spiro atoms. The summed E-state index contributed by atoms with van der Waals surface area (Å²) in [5.74, 6) is 3.14. The van der Waals surface area contributed by atoms with Gasteiger partial charge in [0.05, 0.1) is 5.88 Å². The van der Waals surface area contributed by atoms with Crippen LogP contribution >= 0.6 is 11.6 Å². The molecule has 0 N–H and O–H groups in total. The molecule has 2 unspecified atom stereocenters. The molecule has 0 saturated heterocycles. The van der Waals surface area contributed by atoms with E-state index in [9.17, 15) is 0 Å². The summed E-state index contributed by atoms with van der Waals surface area (Å²) < 4.78 is 2.22. The third-order valence-electron chi connectivity index (χ3n) is 4.73. The molecule has 2 heterocycles. The zero-order valence-electron chi connectivity index (χ0n) is 13.0. The molecule has 21 heavy (non-hydrogen) atoms. The van der Waals surface area contributed by atoms with Gasteiger partial charge in [-0.05, 0) is 43.2 Å². The van der Waals surface area contributed by atoms with Crippen molar-refractivity contribution >= 4 is 22.8 Å². The second-order valence-electron chi connectivity index (χ2n) is 6.60. The van der Waals surface area contributed by atoms with Gasteiger partial charge in [0.15, 0.2) is 5.65 Å². The van der Waals surface area contributed by atoms with Crippen LogP contribution in [0.4, 0.5) is 0 Å². The number of aromatic nitrogens is 3.